The Morgan fingerprint density at radius 2 is 2.19 bits per heavy atom. The van der Waals surface area contributed by atoms with Crippen LogP contribution in [-0.4, -0.2) is 36.6 Å². The molecule has 0 spiro atoms. The number of rotatable bonds is 3. The fourth-order valence-corrected chi connectivity index (χ4v) is 2.00. The van der Waals surface area contributed by atoms with Gasteiger partial charge in [-0.15, -0.1) is 0 Å². The van der Waals surface area contributed by atoms with Gasteiger partial charge in [0, 0.05) is 0 Å². The fourth-order valence-electron chi connectivity index (χ4n) is 1.89. The van der Waals surface area contributed by atoms with E-state index in [1.807, 2.05) is 6.07 Å². The van der Waals surface area contributed by atoms with Crippen LogP contribution >= 0.6 is 11.6 Å². The van der Waals surface area contributed by atoms with Crippen molar-refractivity contribution in [3.05, 3.63) is 23.5 Å². The van der Waals surface area contributed by atoms with Gasteiger partial charge in [0.25, 0.3) is 0 Å². The second kappa shape index (κ2) is 5.51. The molecule has 0 bridgehead atoms. The maximum atomic E-state index is 5.70. The van der Waals surface area contributed by atoms with Crippen molar-refractivity contribution < 1.29 is 4.74 Å². The Morgan fingerprint density at radius 3 is 2.81 bits per heavy atom. The lowest BCUT2D eigenvalue weighted by Crippen LogP contribution is -2.32. The molecule has 2 rings (SSSR count). The molecule has 1 aliphatic rings. The number of pyridine rings is 1. The molecule has 0 amide bonds. The molecule has 1 aromatic rings. The molecule has 0 N–H and O–H groups in total. The van der Waals surface area contributed by atoms with Gasteiger partial charge in [-0.25, -0.2) is 4.98 Å². The standard InChI is InChI=1S/C12H17ClN2O/c1-15-6-4-10(5-7-15)9-16-11-2-3-12(13)14-8-11/h2-3,8,10H,4-7,9H2,1H3. The minimum Gasteiger partial charge on any atom is -0.492 e. The van der Waals surface area contributed by atoms with E-state index in [1.54, 1.807) is 12.3 Å². The van der Waals surface area contributed by atoms with Crippen molar-refractivity contribution in [2.24, 2.45) is 5.92 Å². The number of hydrogen-bond donors (Lipinski definition) is 0. The zero-order valence-electron chi connectivity index (χ0n) is 9.53. The van der Waals surface area contributed by atoms with E-state index in [0.29, 0.717) is 11.1 Å². The number of likely N-dealkylation sites (tertiary alicyclic amines) is 1. The van der Waals surface area contributed by atoms with Crippen LogP contribution < -0.4 is 4.74 Å². The highest BCUT2D eigenvalue weighted by Gasteiger charge is 2.16. The molecule has 0 saturated carbocycles. The lowest BCUT2D eigenvalue weighted by atomic mass is 9.98. The lowest BCUT2D eigenvalue weighted by molar-refractivity contribution is 0.160. The van der Waals surface area contributed by atoms with Gasteiger partial charge >= 0.3 is 0 Å². The van der Waals surface area contributed by atoms with E-state index in [4.69, 9.17) is 16.3 Å². The molecule has 2 heterocycles. The van der Waals surface area contributed by atoms with Crippen LogP contribution in [0.15, 0.2) is 18.3 Å². The summed E-state index contributed by atoms with van der Waals surface area (Å²) in [6, 6.07) is 3.62. The number of hydrogen-bond acceptors (Lipinski definition) is 3. The van der Waals surface area contributed by atoms with E-state index in [9.17, 15) is 0 Å². The summed E-state index contributed by atoms with van der Waals surface area (Å²) in [5, 5.41) is 0.506. The van der Waals surface area contributed by atoms with E-state index >= 15 is 0 Å². The van der Waals surface area contributed by atoms with Gasteiger partial charge in [0.05, 0.1) is 12.8 Å². The predicted molar refractivity (Wildman–Crippen MR) is 65.0 cm³/mol. The van der Waals surface area contributed by atoms with Crippen molar-refractivity contribution >= 4 is 11.6 Å². The lowest BCUT2D eigenvalue weighted by Gasteiger charge is -2.28. The van der Waals surface area contributed by atoms with Crippen LogP contribution in [-0.2, 0) is 0 Å². The summed E-state index contributed by atoms with van der Waals surface area (Å²) in [4.78, 5) is 6.35. The average molecular weight is 241 g/mol. The zero-order chi connectivity index (χ0) is 11.4. The maximum absolute atomic E-state index is 5.70. The average Bonchev–Trinajstić information content (AvgIpc) is 2.30. The molecule has 0 aromatic carbocycles. The third-order valence-electron chi connectivity index (χ3n) is 3.02. The summed E-state index contributed by atoms with van der Waals surface area (Å²) in [6.45, 7) is 3.14. The van der Waals surface area contributed by atoms with Gasteiger partial charge in [0.1, 0.15) is 10.9 Å². The highest BCUT2D eigenvalue weighted by molar-refractivity contribution is 6.29. The Hall–Kier alpha value is -0.800. The molecule has 0 aliphatic carbocycles. The Labute approximate surface area is 101 Å². The largest absolute Gasteiger partial charge is 0.492 e. The van der Waals surface area contributed by atoms with Gasteiger partial charge in [0.15, 0.2) is 0 Å². The first kappa shape index (κ1) is 11.7. The van der Waals surface area contributed by atoms with Crippen LogP contribution in [0.3, 0.4) is 0 Å². The molecule has 0 unspecified atom stereocenters. The molecule has 0 radical (unpaired) electrons. The van der Waals surface area contributed by atoms with Crippen molar-refractivity contribution in [1.29, 1.82) is 0 Å². The fraction of sp³-hybridized carbons (Fsp3) is 0.583. The van der Waals surface area contributed by atoms with Crippen molar-refractivity contribution in [3.63, 3.8) is 0 Å². The monoisotopic (exact) mass is 240 g/mol. The maximum Gasteiger partial charge on any atom is 0.137 e. The normalized spacial score (nSPS) is 18.6. The van der Waals surface area contributed by atoms with Crippen molar-refractivity contribution in [2.45, 2.75) is 12.8 Å². The Balaban J connectivity index is 1.77. The van der Waals surface area contributed by atoms with Crippen molar-refractivity contribution in [1.82, 2.24) is 9.88 Å². The van der Waals surface area contributed by atoms with E-state index in [2.05, 4.69) is 16.9 Å². The molecule has 3 nitrogen and oxygen atoms in total. The number of piperidine rings is 1. The molecule has 4 heteroatoms. The summed E-state index contributed by atoms with van der Waals surface area (Å²) < 4.78 is 5.70. The molecule has 1 aliphatic heterocycles. The first-order valence-electron chi connectivity index (χ1n) is 5.67. The smallest absolute Gasteiger partial charge is 0.137 e. The predicted octanol–water partition coefficient (Wildman–Crippen LogP) is 2.46. The number of halogens is 1. The molecule has 1 aromatic heterocycles. The Kier molecular flexibility index (Phi) is 4.02. The van der Waals surface area contributed by atoms with Gasteiger partial charge in [-0.3, -0.25) is 0 Å². The van der Waals surface area contributed by atoms with Crippen LogP contribution in [0.5, 0.6) is 5.75 Å². The van der Waals surface area contributed by atoms with Gasteiger partial charge in [-0.05, 0) is 51.0 Å². The van der Waals surface area contributed by atoms with E-state index < -0.39 is 0 Å². The summed E-state index contributed by atoms with van der Waals surface area (Å²) in [5.74, 6) is 1.48. The van der Waals surface area contributed by atoms with E-state index in [0.717, 1.165) is 12.4 Å². The molecular formula is C12H17ClN2O. The van der Waals surface area contributed by atoms with E-state index in [-0.39, 0.29) is 0 Å². The van der Waals surface area contributed by atoms with Crippen LogP contribution in [0.25, 0.3) is 0 Å². The van der Waals surface area contributed by atoms with Gasteiger partial charge in [-0.2, -0.15) is 0 Å². The van der Waals surface area contributed by atoms with Gasteiger partial charge in [0.2, 0.25) is 0 Å². The molecule has 16 heavy (non-hydrogen) atoms. The molecule has 88 valence electrons. The zero-order valence-corrected chi connectivity index (χ0v) is 10.3. The first-order chi connectivity index (χ1) is 7.74. The van der Waals surface area contributed by atoms with Gasteiger partial charge in [-0.1, -0.05) is 11.6 Å². The van der Waals surface area contributed by atoms with Crippen molar-refractivity contribution in [3.8, 4) is 5.75 Å². The van der Waals surface area contributed by atoms with Crippen LogP contribution in [0.4, 0.5) is 0 Å². The molecule has 0 atom stereocenters. The molecule has 1 fully saturated rings. The second-order valence-corrected chi connectivity index (χ2v) is 4.76. The molecule has 1 saturated heterocycles. The first-order valence-corrected chi connectivity index (χ1v) is 6.05. The van der Waals surface area contributed by atoms with Crippen LogP contribution in [0, 0.1) is 5.92 Å². The minimum atomic E-state index is 0.506. The highest BCUT2D eigenvalue weighted by atomic mass is 35.5. The third-order valence-corrected chi connectivity index (χ3v) is 3.25. The number of nitrogens with zero attached hydrogens (tertiary/aromatic N) is 2. The number of ether oxygens (including phenoxy) is 1. The number of aromatic nitrogens is 1. The third kappa shape index (κ3) is 3.35. The van der Waals surface area contributed by atoms with Gasteiger partial charge < -0.3 is 9.64 Å². The topological polar surface area (TPSA) is 25.4 Å². The minimum absolute atomic E-state index is 0.506. The highest BCUT2D eigenvalue weighted by Crippen LogP contribution is 2.18. The van der Waals surface area contributed by atoms with Crippen LogP contribution in [0.1, 0.15) is 12.8 Å². The summed E-state index contributed by atoms with van der Waals surface area (Å²) >= 11 is 5.70. The Morgan fingerprint density at radius 1 is 1.44 bits per heavy atom. The summed E-state index contributed by atoms with van der Waals surface area (Å²) in [6.07, 6.45) is 4.12. The quantitative estimate of drug-likeness (QED) is 0.759. The summed E-state index contributed by atoms with van der Waals surface area (Å²) in [5.41, 5.74) is 0. The van der Waals surface area contributed by atoms with Crippen LogP contribution in [0.2, 0.25) is 5.15 Å². The molecular weight excluding hydrogens is 224 g/mol. The second-order valence-electron chi connectivity index (χ2n) is 4.37. The SMILES string of the molecule is CN1CCC(COc2ccc(Cl)nc2)CC1. The van der Waals surface area contributed by atoms with E-state index in [1.165, 1.54) is 25.9 Å². The Bertz CT molecular complexity index is 320. The summed E-state index contributed by atoms with van der Waals surface area (Å²) in [7, 11) is 2.17. The van der Waals surface area contributed by atoms with Crippen molar-refractivity contribution in [2.75, 3.05) is 26.7 Å².